The van der Waals surface area contributed by atoms with Gasteiger partial charge in [0.1, 0.15) is 11.7 Å². The van der Waals surface area contributed by atoms with Crippen LogP contribution in [0.3, 0.4) is 0 Å². The van der Waals surface area contributed by atoms with Crippen molar-refractivity contribution in [2.75, 3.05) is 36.4 Å². The van der Waals surface area contributed by atoms with Crippen LogP contribution in [0.5, 0.6) is 5.88 Å². The molecule has 13 heteroatoms. The number of amides is 1. The normalized spacial score (nSPS) is 20.6. The zero-order chi connectivity index (χ0) is 29.1. The monoisotopic (exact) mass is 584 g/mol. The van der Waals surface area contributed by atoms with E-state index in [1.807, 2.05) is 32.9 Å². The number of nitrogens with one attached hydrogen (secondary N) is 1. The third-order valence-corrected chi connectivity index (χ3v) is 8.32. The third kappa shape index (κ3) is 7.49. The van der Waals surface area contributed by atoms with Crippen molar-refractivity contribution < 1.29 is 35.9 Å². The van der Waals surface area contributed by atoms with E-state index in [1.54, 1.807) is 11.1 Å². The molecule has 0 bridgehead atoms. The molecular weight excluding hydrogens is 549 g/mol. The number of aromatic nitrogens is 1. The summed E-state index contributed by atoms with van der Waals surface area (Å²) in [5.74, 6) is 0.532. The molecular formula is C27H35F3N4O5S. The first-order chi connectivity index (χ1) is 18.7. The SMILES string of the molecule is CC(C)(C)OC(=O)N1CCN(c2ccnc(O[C@H]3CC[C@H](Nc4ccc(S(=O)(=O)C(F)(F)F)cc4)CC3)c2)CC1. The van der Waals surface area contributed by atoms with Crippen molar-refractivity contribution in [3.63, 3.8) is 0 Å². The summed E-state index contributed by atoms with van der Waals surface area (Å²) < 4.78 is 73.0. The van der Waals surface area contributed by atoms with Gasteiger partial charge in [-0.1, -0.05) is 0 Å². The first-order valence-corrected chi connectivity index (χ1v) is 14.7. The number of hydrogen-bond acceptors (Lipinski definition) is 8. The first kappa shape index (κ1) is 29.8. The number of hydrogen-bond donors (Lipinski definition) is 1. The molecule has 1 aliphatic heterocycles. The zero-order valence-electron chi connectivity index (χ0n) is 22.8. The maximum Gasteiger partial charge on any atom is 0.501 e. The molecule has 2 fully saturated rings. The van der Waals surface area contributed by atoms with Crippen molar-refractivity contribution in [2.24, 2.45) is 0 Å². The van der Waals surface area contributed by atoms with Crippen molar-refractivity contribution in [1.29, 1.82) is 0 Å². The van der Waals surface area contributed by atoms with Gasteiger partial charge in [-0.2, -0.15) is 13.2 Å². The number of nitrogens with zero attached hydrogens (tertiary/aromatic N) is 3. The number of rotatable bonds is 6. The molecule has 0 spiro atoms. The Balaban J connectivity index is 1.24. The topological polar surface area (TPSA) is 101 Å². The number of sulfone groups is 1. The number of carbonyl (C=O) groups is 1. The maximum absolute atomic E-state index is 12.7. The van der Waals surface area contributed by atoms with E-state index in [-0.39, 0.29) is 18.2 Å². The van der Waals surface area contributed by atoms with Gasteiger partial charge in [0, 0.05) is 55.9 Å². The van der Waals surface area contributed by atoms with Gasteiger partial charge in [-0.05, 0) is 76.8 Å². The Kier molecular flexibility index (Phi) is 8.72. The molecule has 1 saturated carbocycles. The van der Waals surface area contributed by atoms with Crippen molar-refractivity contribution >= 4 is 27.3 Å². The van der Waals surface area contributed by atoms with E-state index >= 15 is 0 Å². The van der Waals surface area contributed by atoms with Crippen molar-refractivity contribution in [1.82, 2.24) is 9.88 Å². The van der Waals surface area contributed by atoms with E-state index in [0.717, 1.165) is 43.5 Å². The molecule has 2 aliphatic rings. The molecule has 1 saturated heterocycles. The number of alkyl halides is 3. The van der Waals surface area contributed by atoms with Crippen LogP contribution in [0.15, 0.2) is 47.5 Å². The number of anilines is 2. The lowest BCUT2D eigenvalue weighted by molar-refractivity contribution is -0.0436. The lowest BCUT2D eigenvalue weighted by Crippen LogP contribution is -2.50. The number of halogens is 3. The van der Waals surface area contributed by atoms with E-state index < -0.39 is 25.8 Å². The summed E-state index contributed by atoms with van der Waals surface area (Å²) in [4.78, 5) is 19.8. The van der Waals surface area contributed by atoms with Gasteiger partial charge in [0.15, 0.2) is 0 Å². The average Bonchev–Trinajstić information content (AvgIpc) is 2.89. The molecule has 0 unspecified atom stereocenters. The summed E-state index contributed by atoms with van der Waals surface area (Å²) >= 11 is 0. The van der Waals surface area contributed by atoms with Gasteiger partial charge in [0.2, 0.25) is 5.88 Å². The smallest absolute Gasteiger partial charge is 0.474 e. The average molecular weight is 585 g/mol. The highest BCUT2D eigenvalue weighted by Gasteiger charge is 2.46. The maximum atomic E-state index is 12.7. The Morgan fingerprint density at radius 1 is 0.975 bits per heavy atom. The van der Waals surface area contributed by atoms with Crippen molar-refractivity contribution in [2.45, 2.75) is 74.6 Å². The lowest BCUT2D eigenvalue weighted by Gasteiger charge is -2.36. The number of pyridine rings is 1. The van der Waals surface area contributed by atoms with Crippen molar-refractivity contribution in [3.8, 4) is 5.88 Å². The van der Waals surface area contributed by atoms with Gasteiger partial charge in [0.05, 0.1) is 4.90 Å². The molecule has 0 atom stereocenters. The minimum Gasteiger partial charge on any atom is -0.474 e. The summed E-state index contributed by atoms with van der Waals surface area (Å²) in [6.07, 6.45) is 4.46. The second-order valence-corrected chi connectivity index (χ2v) is 13.0. The molecule has 0 radical (unpaired) electrons. The summed E-state index contributed by atoms with van der Waals surface area (Å²) in [6, 6.07) is 8.55. The molecule has 1 N–H and O–H groups in total. The highest BCUT2D eigenvalue weighted by atomic mass is 32.2. The van der Waals surface area contributed by atoms with Crippen LogP contribution in [0.4, 0.5) is 29.3 Å². The van der Waals surface area contributed by atoms with Crippen molar-refractivity contribution in [3.05, 3.63) is 42.6 Å². The predicted molar refractivity (Wildman–Crippen MR) is 144 cm³/mol. The molecule has 220 valence electrons. The Bertz CT molecular complexity index is 1270. The fourth-order valence-electron chi connectivity index (χ4n) is 4.73. The van der Waals surface area contributed by atoms with Gasteiger partial charge in [0.25, 0.3) is 9.84 Å². The summed E-state index contributed by atoms with van der Waals surface area (Å²) in [7, 11) is -5.36. The third-order valence-electron chi connectivity index (χ3n) is 6.82. The standard InChI is InChI=1S/C27H35F3N4O5S/c1-26(2,3)39-25(35)34-16-14-33(15-17-34)21-12-13-31-24(18-21)38-22-8-4-19(5-9-22)32-20-6-10-23(11-7-20)40(36,37)27(28,29)30/h6-7,10-13,18-19,22,32H,4-5,8-9,14-17H2,1-3H3/t19-,22-. The Morgan fingerprint density at radius 3 is 2.17 bits per heavy atom. The van der Waals surface area contributed by atoms with Gasteiger partial charge in [-0.3, -0.25) is 0 Å². The van der Waals surface area contributed by atoms with E-state index in [9.17, 15) is 26.4 Å². The van der Waals surface area contributed by atoms with Gasteiger partial charge < -0.3 is 24.6 Å². The van der Waals surface area contributed by atoms with Crippen LogP contribution in [0.2, 0.25) is 0 Å². The Labute approximate surface area is 232 Å². The van der Waals surface area contributed by atoms with E-state index in [1.165, 1.54) is 12.1 Å². The van der Waals surface area contributed by atoms with E-state index in [2.05, 4.69) is 15.2 Å². The fraction of sp³-hybridized carbons (Fsp3) is 0.556. The summed E-state index contributed by atoms with van der Waals surface area (Å²) in [5, 5.41) is 3.27. The van der Waals surface area contributed by atoms with E-state index in [0.29, 0.717) is 37.7 Å². The molecule has 1 aliphatic carbocycles. The molecule has 1 aromatic carbocycles. The first-order valence-electron chi connectivity index (χ1n) is 13.2. The number of benzene rings is 1. The van der Waals surface area contributed by atoms with Gasteiger partial charge >= 0.3 is 11.6 Å². The highest BCUT2D eigenvalue weighted by molar-refractivity contribution is 7.92. The summed E-state index contributed by atoms with van der Waals surface area (Å²) in [6.45, 7) is 8.01. The number of carbonyl (C=O) groups excluding carboxylic acids is 1. The molecule has 4 rings (SSSR count). The number of ether oxygens (including phenoxy) is 2. The van der Waals surface area contributed by atoms with Crippen LogP contribution < -0.4 is 15.0 Å². The number of piperazine rings is 1. The second kappa shape index (κ2) is 11.7. The zero-order valence-corrected chi connectivity index (χ0v) is 23.6. The van der Waals surface area contributed by atoms with Crippen LogP contribution in [-0.4, -0.2) is 73.8 Å². The Morgan fingerprint density at radius 2 is 1.60 bits per heavy atom. The van der Waals surface area contributed by atoms with Crippen LogP contribution in [0.1, 0.15) is 46.5 Å². The van der Waals surface area contributed by atoms with Crippen LogP contribution in [0, 0.1) is 0 Å². The molecule has 1 aromatic heterocycles. The molecule has 40 heavy (non-hydrogen) atoms. The van der Waals surface area contributed by atoms with Crippen LogP contribution in [-0.2, 0) is 14.6 Å². The Hall–Kier alpha value is -3.22. The minimum absolute atomic E-state index is 0.0240. The molecule has 1 amide bonds. The molecule has 2 heterocycles. The predicted octanol–water partition coefficient (Wildman–Crippen LogP) is 5.23. The summed E-state index contributed by atoms with van der Waals surface area (Å²) in [5.41, 5.74) is -4.32. The van der Waals surface area contributed by atoms with Crippen LogP contribution >= 0.6 is 0 Å². The van der Waals surface area contributed by atoms with Crippen LogP contribution in [0.25, 0.3) is 0 Å². The molecule has 2 aromatic rings. The minimum atomic E-state index is -5.36. The van der Waals surface area contributed by atoms with E-state index in [4.69, 9.17) is 9.47 Å². The fourth-order valence-corrected chi connectivity index (χ4v) is 5.49. The quantitative estimate of drug-likeness (QED) is 0.493. The van der Waals surface area contributed by atoms with Gasteiger partial charge in [-0.15, -0.1) is 0 Å². The molecule has 9 nitrogen and oxygen atoms in total. The van der Waals surface area contributed by atoms with Gasteiger partial charge in [-0.25, -0.2) is 18.2 Å². The largest absolute Gasteiger partial charge is 0.501 e. The highest BCUT2D eigenvalue weighted by Crippen LogP contribution is 2.32. The second-order valence-electron chi connectivity index (χ2n) is 11.0. The lowest BCUT2D eigenvalue weighted by atomic mass is 9.92.